The lowest BCUT2D eigenvalue weighted by Gasteiger charge is -2.43. The van der Waals surface area contributed by atoms with Crippen LogP contribution in [0.4, 0.5) is 0 Å². The van der Waals surface area contributed by atoms with Gasteiger partial charge in [-0.3, -0.25) is 23.2 Å². The molecule has 0 aliphatic heterocycles. The van der Waals surface area contributed by atoms with E-state index in [1.165, 1.54) is 38.5 Å². The van der Waals surface area contributed by atoms with Gasteiger partial charge >= 0.3 is 27.6 Å². The van der Waals surface area contributed by atoms with Gasteiger partial charge in [0.15, 0.2) is 6.10 Å². The lowest BCUT2D eigenvalue weighted by Crippen LogP contribution is -2.64. The number of hydrogen-bond acceptors (Lipinski definition) is 15. The molecule has 0 spiro atoms. The molecule has 18 nitrogen and oxygen atoms in total. The highest BCUT2D eigenvalue weighted by molar-refractivity contribution is 7.47. The Labute approximate surface area is 409 Å². The molecule has 0 amide bonds. The second-order valence-corrected chi connectivity index (χ2v) is 19.4. The molecule has 396 valence electrons. The van der Waals surface area contributed by atoms with Crippen molar-refractivity contribution >= 4 is 27.6 Å². The van der Waals surface area contributed by atoms with Crippen molar-refractivity contribution in [2.45, 2.75) is 197 Å². The molecule has 0 aromatic rings. The van der Waals surface area contributed by atoms with Crippen LogP contribution in [-0.4, -0.2) is 125 Å². The van der Waals surface area contributed by atoms with Gasteiger partial charge in [0.1, 0.15) is 43.2 Å². The van der Waals surface area contributed by atoms with E-state index in [-0.39, 0.29) is 32.1 Å². The van der Waals surface area contributed by atoms with Crippen LogP contribution >= 0.6 is 15.6 Å². The number of allylic oxidation sites excluding steroid dienone is 13. The van der Waals surface area contributed by atoms with Gasteiger partial charge in [0.2, 0.25) is 0 Å². The van der Waals surface area contributed by atoms with Crippen LogP contribution in [0.1, 0.15) is 142 Å². The second-order valence-electron chi connectivity index (χ2n) is 16.8. The number of hydrogen-bond donors (Lipinski definition) is 9. The van der Waals surface area contributed by atoms with Gasteiger partial charge in [-0.1, -0.05) is 125 Å². The summed E-state index contributed by atoms with van der Waals surface area (Å²) in [6.07, 6.45) is 25.5. The van der Waals surface area contributed by atoms with Crippen molar-refractivity contribution in [2.24, 2.45) is 0 Å². The van der Waals surface area contributed by atoms with Crippen LogP contribution in [0.25, 0.3) is 0 Å². The zero-order valence-electron chi connectivity index (χ0n) is 40.4. The number of phosphoric acid groups is 2. The minimum Gasteiger partial charge on any atom is -0.462 e. The summed E-state index contributed by atoms with van der Waals surface area (Å²) in [7, 11) is -10.8. The first kappa shape index (κ1) is 64.1. The smallest absolute Gasteiger partial charge is 0.462 e. The molecular formula is C49H82O18P2. The minimum atomic E-state index is -5.41. The Hall–Kier alpha value is -2.90. The van der Waals surface area contributed by atoms with E-state index in [1.54, 1.807) is 6.08 Å². The Morgan fingerprint density at radius 1 is 0.522 bits per heavy atom. The number of phosphoric ester groups is 2. The predicted octanol–water partition coefficient (Wildman–Crippen LogP) is 7.34. The molecule has 1 aliphatic carbocycles. The maximum Gasteiger partial charge on any atom is 0.472 e. The highest BCUT2D eigenvalue weighted by Crippen LogP contribution is 2.49. The molecule has 9 N–H and O–H groups in total. The van der Waals surface area contributed by atoms with Crippen LogP contribution in [0.15, 0.2) is 85.1 Å². The summed E-state index contributed by atoms with van der Waals surface area (Å²) in [4.78, 5) is 54.3. The van der Waals surface area contributed by atoms with Crippen molar-refractivity contribution in [1.82, 2.24) is 0 Å². The number of rotatable bonds is 39. The molecule has 0 bridgehead atoms. The molecule has 1 saturated carbocycles. The SMILES string of the molecule is CCCCC/C=C\C/C=C\C/C=C\C/C=C\CCCC(=O)O[C@H](COC(=O)CCCC(O)C(O)C/C=C\C/C=C\C/C=C\CCCCC)COP(=O)(O)O[C@H]1C(O)C(O)C(O)[C@@H](OP(=O)(O)O)C1O. The van der Waals surface area contributed by atoms with Crippen molar-refractivity contribution in [1.29, 1.82) is 0 Å². The summed E-state index contributed by atoms with van der Waals surface area (Å²) < 4.78 is 49.1. The van der Waals surface area contributed by atoms with Gasteiger partial charge in [-0.05, 0) is 89.9 Å². The number of carbonyl (C=O) groups is 2. The average molecular weight is 1020 g/mol. The van der Waals surface area contributed by atoms with E-state index in [9.17, 15) is 64.0 Å². The van der Waals surface area contributed by atoms with Crippen molar-refractivity contribution in [2.75, 3.05) is 13.2 Å². The molecule has 0 aromatic heterocycles. The molecule has 0 heterocycles. The van der Waals surface area contributed by atoms with Gasteiger partial charge in [-0.15, -0.1) is 0 Å². The fraction of sp³-hybridized carbons (Fsp3) is 0.673. The fourth-order valence-electron chi connectivity index (χ4n) is 6.71. The van der Waals surface area contributed by atoms with Crippen molar-refractivity contribution < 1.29 is 87.1 Å². The first-order valence-electron chi connectivity index (χ1n) is 24.3. The normalized spacial score (nSPS) is 22.8. The van der Waals surface area contributed by atoms with Gasteiger partial charge in [0.05, 0.1) is 18.8 Å². The molecule has 1 rings (SSSR count). The van der Waals surface area contributed by atoms with E-state index in [2.05, 4.69) is 67.0 Å². The van der Waals surface area contributed by atoms with E-state index in [0.717, 1.165) is 32.1 Å². The molecule has 20 heteroatoms. The third-order valence-electron chi connectivity index (χ3n) is 10.6. The number of aliphatic hydroxyl groups excluding tert-OH is 6. The Bertz CT molecular complexity index is 1690. The van der Waals surface area contributed by atoms with Gasteiger partial charge in [0.25, 0.3) is 0 Å². The van der Waals surface area contributed by atoms with Crippen LogP contribution < -0.4 is 0 Å². The quantitative estimate of drug-likeness (QED) is 0.0126. The number of unbranched alkanes of at least 4 members (excludes halogenated alkanes) is 7. The highest BCUT2D eigenvalue weighted by atomic mass is 31.2. The lowest BCUT2D eigenvalue weighted by molar-refractivity contribution is -0.216. The second kappa shape index (κ2) is 38.7. The van der Waals surface area contributed by atoms with Crippen molar-refractivity contribution in [3.8, 4) is 0 Å². The molecule has 10 atom stereocenters. The van der Waals surface area contributed by atoms with Crippen molar-refractivity contribution in [3.63, 3.8) is 0 Å². The molecule has 69 heavy (non-hydrogen) atoms. The topological polar surface area (TPSA) is 296 Å². The fourth-order valence-corrected chi connectivity index (χ4v) is 8.25. The third kappa shape index (κ3) is 32.7. The van der Waals surface area contributed by atoms with Crippen LogP contribution in [-0.2, 0) is 41.8 Å². The highest BCUT2D eigenvalue weighted by Gasteiger charge is 2.54. The first-order valence-corrected chi connectivity index (χ1v) is 27.3. The van der Waals surface area contributed by atoms with Crippen LogP contribution in [0, 0.1) is 0 Å². The van der Waals surface area contributed by atoms with Gasteiger partial charge < -0.3 is 54.8 Å². The van der Waals surface area contributed by atoms with Crippen molar-refractivity contribution in [3.05, 3.63) is 85.1 Å². The molecular weight excluding hydrogens is 938 g/mol. The van der Waals surface area contributed by atoms with Gasteiger partial charge in [-0.2, -0.15) is 0 Å². The van der Waals surface area contributed by atoms with E-state index >= 15 is 0 Å². The number of aliphatic hydroxyl groups is 6. The molecule has 1 aliphatic rings. The van der Waals surface area contributed by atoms with E-state index in [1.807, 2.05) is 30.4 Å². The van der Waals surface area contributed by atoms with E-state index < -0.39 is 95.7 Å². The van der Waals surface area contributed by atoms with Gasteiger partial charge in [-0.25, -0.2) is 9.13 Å². The standard InChI is InChI=1S/C49H82O18P2/c1-3-5-7-9-11-13-15-17-18-19-20-21-23-25-27-29-31-35-43(53)65-39(38-64-69(61,62)67-49-46(56)44(54)45(55)48(47(49)57)66-68(58,59)60)37-63-42(52)36-32-34-41(51)40(50)33-30-28-26-24-22-16-14-12-10-8-6-4-2/h11-14,17-18,20-22,24-25,27-28,30,39-41,44-51,54-57H,3-10,15-16,19,23,26,29,31-38H2,1-2H3,(H,61,62)(H2,58,59,60)/b13-11-,14-12-,18-17-,21-20-,24-22-,27-25-,30-28-/t39-,40?,41?,44?,45?,46?,47?,48-,49+/m1/s1. The van der Waals surface area contributed by atoms with E-state index in [4.69, 9.17) is 18.5 Å². The number of ether oxygens (including phenoxy) is 2. The summed E-state index contributed by atoms with van der Waals surface area (Å²) in [6.45, 7) is 2.75. The lowest BCUT2D eigenvalue weighted by atomic mass is 9.85. The van der Waals surface area contributed by atoms with Crippen LogP contribution in [0.3, 0.4) is 0 Å². The summed E-state index contributed by atoms with van der Waals surface area (Å²) in [5.74, 6) is -1.56. The minimum absolute atomic E-state index is 0.0608. The molecule has 1 fully saturated rings. The maximum absolute atomic E-state index is 13.0. The van der Waals surface area contributed by atoms with Gasteiger partial charge in [0, 0.05) is 12.8 Å². The third-order valence-corrected chi connectivity index (χ3v) is 12.1. The molecule has 7 unspecified atom stereocenters. The Kier molecular flexibility index (Phi) is 36.0. The maximum atomic E-state index is 13.0. The largest absolute Gasteiger partial charge is 0.472 e. The Morgan fingerprint density at radius 3 is 1.46 bits per heavy atom. The average Bonchev–Trinajstić information content (AvgIpc) is 3.30. The summed E-state index contributed by atoms with van der Waals surface area (Å²) in [5.41, 5.74) is 0. The zero-order chi connectivity index (χ0) is 51.3. The Balaban J connectivity index is 2.74. The number of esters is 2. The van der Waals surface area contributed by atoms with Crippen LogP contribution in [0.2, 0.25) is 0 Å². The monoisotopic (exact) mass is 1020 g/mol. The molecule has 0 radical (unpaired) electrons. The number of carbonyl (C=O) groups excluding carboxylic acids is 2. The molecule has 0 aromatic carbocycles. The molecule has 0 saturated heterocycles. The first-order chi connectivity index (χ1) is 32.9. The Morgan fingerprint density at radius 2 is 0.971 bits per heavy atom. The van der Waals surface area contributed by atoms with E-state index in [0.29, 0.717) is 25.7 Å². The summed E-state index contributed by atoms with van der Waals surface area (Å²) >= 11 is 0. The summed E-state index contributed by atoms with van der Waals surface area (Å²) in [6, 6.07) is 0. The predicted molar refractivity (Wildman–Crippen MR) is 262 cm³/mol. The summed E-state index contributed by atoms with van der Waals surface area (Å²) in [5, 5.41) is 62.1. The zero-order valence-corrected chi connectivity index (χ0v) is 42.2. The van der Waals surface area contributed by atoms with Crippen LogP contribution in [0.5, 0.6) is 0 Å².